The van der Waals surface area contributed by atoms with Gasteiger partial charge in [0.25, 0.3) is 5.91 Å². The Morgan fingerprint density at radius 2 is 1.68 bits per heavy atom. The molecule has 4 rings (SSSR count). The summed E-state index contributed by atoms with van der Waals surface area (Å²) in [7, 11) is 4.75. The molecular formula is C25H31NO5. The Bertz CT molecular complexity index is 906. The lowest BCUT2D eigenvalue weighted by atomic mass is 9.66. The molecule has 0 spiro atoms. The molecule has 1 saturated heterocycles. The number of hydrogen-bond donors (Lipinski definition) is 1. The number of likely N-dealkylation sites (tertiary alicyclic amines) is 1. The van der Waals surface area contributed by atoms with Crippen molar-refractivity contribution >= 4 is 5.91 Å². The summed E-state index contributed by atoms with van der Waals surface area (Å²) in [5, 5.41) is 11.5. The lowest BCUT2D eigenvalue weighted by Crippen LogP contribution is -2.56. The van der Waals surface area contributed by atoms with Crippen LogP contribution in [0.3, 0.4) is 0 Å². The Morgan fingerprint density at radius 1 is 1.00 bits per heavy atom. The number of carbonyl (C=O) groups is 1. The van der Waals surface area contributed by atoms with Gasteiger partial charge in [-0.05, 0) is 49.1 Å². The Labute approximate surface area is 183 Å². The number of nitrogens with zero attached hydrogens (tertiary/aromatic N) is 1. The van der Waals surface area contributed by atoms with E-state index >= 15 is 0 Å². The molecule has 2 aromatic rings. The van der Waals surface area contributed by atoms with E-state index in [9.17, 15) is 9.90 Å². The molecule has 6 heteroatoms. The van der Waals surface area contributed by atoms with Crippen LogP contribution in [-0.4, -0.2) is 49.4 Å². The molecule has 2 aliphatic rings. The van der Waals surface area contributed by atoms with Crippen LogP contribution in [0.2, 0.25) is 0 Å². The first kappa shape index (κ1) is 21.5. The van der Waals surface area contributed by atoms with Crippen LogP contribution in [0.1, 0.15) is 54.1 Å². The molecule has 31 heavy (non-hydrogen) atoms. The van der Waals surface area contributed by atoms with Crippen molar-refractivity contribution < 1.29 is 24.1 Å². The minimum absolute atomic E-state index is 0.0213. The van der Waals surface area contributed by atoms with Crippen LogP contribution in [0, 0.1) is 5.92 Å². The minimum atomic E-state index is -0.767. The maximum absolute atomic E-state index is 13.6. The molecule has 1 amide bonds. The number of fused-ring (bicyclic) bond motifs is 1. The van der Waals surface area contributed by atoms with Gasteiger partial charge in [0, 0.05) is 18.0 Å². The number of methoxy groups -OCH3 is 3. The molecule has 166 valence electrons. The van der Waals surface area contributed by atoms with Gasteiger partial charge in [0.05, 0.1) is 33.0 Å². The fourth-order valence-corrected chi connectivity index (χ4v) is 5.34. The number of benzene rings is 2. The van der Waals surface area contributed by atoms with Gasteiger partial charge in [-0.2, -0.15) is 0 Å². The molecule has 3 atom stereocenters. The number of piperidine rings is 1. The average molecular weight is 426 g/mol. The molecule has 2 aromatic carbocycles. The quantitative estimate of drug-likeness (QED) is 0.777. The molecule has 2 fully saturated rings. The number of rotatable bonds is 5. The van der Waals surface area contributed by atoms with Gasteiger partial charge in [-0.25, -0.2) is 0 Å². The Morgan fingerprint density at radius 3 is 2.29 bits per heavy atom. The number of aliphatic hydroxyl groups is 1. The second-order valence-electron chi connectivity index (χ2n) is 8.47. The highest BCUT2D eigenvalue weighted by molar-refractivity contribution is 5.94. The zero-order valence-electron chi connectivity index (χ0n) is 18.5. The summed E-state index contributed by atoms with van der Waals surface area (Å²) in [5.41, 5.74) is 0.779. The molecule has 1 saturated carbocycles. The van der Waals surface area contributed by atoms with Crippen molar-refractivity contribution in [2.75, 3.05) is 27.9 Å². The zero-order chi connectivity index (χ0) is 22.0. The smallest absolute Gasteiger partial charge is 0.254 e. The summed E-state index contributed by atoms with van der Waals surface area (Å²) in [6, 6.07) is 12.9. The van der Waals surface area contributed by atoms with Crippen LogP contribution in [0.15, 0.2) is 42.5 Å². The molecule has 0 unspecified atom stereocenters. The maximum Gasteiger partial charge on any atom is 0.254 e. The number of hydrogen-bond acceptors (Lipinski definition) is 5. The van der Waals surface area contributed by atoms with Crippen molar-refractivity contribution in [1.82, 2.24) is 4.90 Å². The maximum atomic E-state index is 13.6. The lowest BCUT2D eigenvalue weighted by molar-refractivity contribution is -0.115. The topological polar surface area (TPSA) is 68.2 Å². The van der Waals surface area contributed by atoms with Crippen molar-refractivity contribution in [3.05, 3.63) is 53.6 Å². The lowest BCUT2D eigenvalue weighted by Gasteiger charge is -2.52. The van der Waals surface area contributed by atoms with Gasteiger partial charge >= 0.3 is 0 Å². The van der Waals surface area contributed by atoms with Gasteiger partial charge in [-0.1, -0.05) is 31.0 Å². The number of amides is 1. The predicted octanol–water partition coefficient (Wildman–Crippen LogP) is 4.22. The van der Waals surface area contributed by atoms with Crippen molar-refractivity contribution in [2.45, 2.75) is 43.7 Å². The van der Waals surface area contributed by atoms with Gasteiger partial charge in [0.1, 0.15) is 0 Å². The van der Waals surface area contributed by atoms with E-state index in [-0.39, 0.29) is 17.9 Å². The summed E-state index contributed by atoms with van der Waals surface area (Å²) in [6.07, 6.45) is 4.29. The van der Waals surface area contributed by atoms with Crippen LogP contribution in [0.25, 0.3) is 0 Å². The van der Waals surface area contributed by atoms with Crippen molar-refractivity contribution in [2.24, 2.45) is 5.92 Å². The molecule has 1 N–H and O–H groups in total. The van der Waals surface area contributed by atoms with E-state index < -0.39 is 5.60 Å². The van der Waals surface area contributed by atoms with E-state index in [1.54, 1.807) is 21.3 Å². The monoisotopic (exact) mass is 425 g/mol. The molecule has 0 aromatic heterocycles. The fraction of sp³-hybridized carbons (Fsp3) is 0.480. The highest BCUT2D eigenvalue weighted by atomic mass is 16.5. The Balaban J connectivity index is 1.83. The van der Waals surface area contributed by atoms with E-state index in [1.807, 2.05) is 47.4 Å². The van der Waals surface area contributed by atoms with E-state index in [1.165, 1.54) is 0 Å². The van der Waals surface area contributed by atoms with Crippen LogP contribution in [0.5, 0.6) is 17.2 Å². The molecule has 0 bridgehead atoms. The van der Waals surface area contributed by atoms with Crippen molar-refractivity contribution in [3.63, 3.8) is 0 Å². The second kappa shape index (κ2) is 8.79. The van der Waals surface area contributed by atoms with Crippen molar-refractivity contribution in [1.29, 1.82) is 0 Å². The fourth-order valence-electron chi connectivity index (χ4n) is 5.34. The highest BCUT2D eigenvalue weighted by Crippen LogP contribution is 2.51. The molecular weight excluding hydrogens is 394 g/mol. The van der Waals surface area contributed by atoms with E-state index in [0.29, 0.717) is 35.8 Å². The van der Waals surface area contributed by atoms with Crippen molar-refractivity contribution in [3.8, 4) is 17.2 Å². The number of carbonyl (C=O) groups excluding carboxylic acids is 1. The molecule has 1 heterocycles. The summed E-state index contributed by atoms with van der Waals surface area (Å²) in [4.78, 5) is 15.5. The number of ether oxygens (including phenoxy) is 3. The molecule has 6 nitrogen and oxygen atoms in total. The normalized spacial score (nSPS) is 25.5. The van der Waals surface area contributed by atoms with Gasteiger partial charge in [-0.3, -0.25) is 4.79 Å². The van der Waals surface area contributed by atoms with Crippen LogP contribution >= 0.6 is 0 Å². The van der Waals surface area contributed by atoms with E-state index in [2.05, 4.69) is 0 Å². The van der Waals surface area contributed by atoms with Gasteiger partial charge < -0.3 is 24.2 Å². The van der Waals surface area contributed by atoms with E-state index in [4.69, 9.17) is 14.2 Å². The first-order valence-electron chi connectivity index (χ1n) is 10.9. The standard InChI is InChI=1S/C25H31NO5/c1-29-20-15-18(16-21(30-2)23(20)31-3)22-19-11-7-8-12-25(19,28)13-14-26(22)24(27)17-9-5-4-6-10-17/h4-6,9-10,15-16,19,22,28H,7-8,11-14H2,1-3H3/t19-,22-,25+/m1/s1. The summed E-state index contributed by atoms with van der Waals surface area (Å²) >= 11 is 0. The van der Waals surface area contributed by atoms with Crippen LogP contribution in [-0.2, 0) is 0 Å². The molecule has 0 radical (unpaired) electrons. The van der Waals surface area contributed by atoms with Gasteiger partial charge in [-0.15, -0.1) is 0 Å². The van der Waals surface area contributed by atoms with E-state index in [0.717, 1.165) is 31.2 Å². The van der Waals surface area contributed by atoms with Crippen LogP contribution < -0.4 is 14.2 Å². The SMILES string of the molecule is COc1cc([C@@H]2[C@H]3CCCC[C@]3(O)CCN2C(=O)c2ccccc2)cc(OC)c1OC. The summed E-state index contributed by atoms with van der Waals surface area (Å²) in [6.45, 7) is 0.502. The van der Waals surface area contributed by atoms with Gasteiger partial charge in [0.2, 0.25) is 5.75 Å². The summed E-state index contributed by atoms with van der Waals surface area (Å²) in [5.74, 6) is 1.55. The predicted molar refractivity (Wildman–Crippen MR) is 118 cm³/mol. The third-order valence-corrected chi connectivity index (χ3v) is 6.88. The first-order valence-corrected chi connectivity index (χ1v) is 10.9. The second-order valence-corrected chi connectivity index (χ2v) is 8.47. The third-order valence-electron chi connectivity index (χ3n) is 6.88. The highest BCUT2D eigenvalue weighted by Gasteiger charge is 2.50. The van der Waals surface area contributed by atoms with Crippen LogP contribution in [0.4, 0.5) is 0 Å². The Hall–Kier alpha value is -2.73. The average Bonchev–Trinajstić information content (AvgIpc) is 2.82. The zero-order valence-corrected chi connectivity index (χ0v) is 18.5. The van der Waals surface area contributed by atoms with Gasteiger partial charge in [0.15, 0.2) is 11.5 Å². The first-order chi connectivity index (χ1) is 15.0. The minimum Gasteiger partial charge on any atom is -0.493 e. The summed E-state index contributed by atoms with van der Waals surface area (Å²) < 4.78 is 16.7. The largest absolute Gasteiger partial charge is 0.493 e. The Kier molecular flexibility index (Phi) is 6.10. The third kappa shape index (κ3) is 3.85. The molecule has 1 aliphatic carbocycles. The molecule has 1 aliphatic heterocycles.